The molecule has 2 heterocycles. The smallest absolute Gasteiger partial charge is 0.331 e. The number of H-pyrrole nitrogens is 1. The summed E-state index contributed by atoms with van der Waals surface area (Å²) in [6, 6.07) is 8.45. The molecule has 0 saturated heterocycles. The summed E-state index contributed by atoms with van der Waals surface area (Å²) in [5.41, 5.74) is 0.892. The summed E-state index contributed by atoms with van der Waals surface area (Å²) in [6.07, 6.45) is 0. The number of hydrogen-bond acceptors (Lipinski definition) is 4. The predicted octanol–water partition coefficient (Wildman–Crippen LogP) is 4.92. The molecule has 3 aromatic rings. The number of aromatic hydroxyl groups is 1. The standard InChI is InChI=1S/C13H7Br2N3O3/c14-6-1-2-8-7(5-6)11(13(20)16-8)17-18-12(19)9-3-4-10(15)21-9/h1-5,16,20H. The number of rotatable bonds is 2. The average molecular weight is 413 g/mol. The molecule has 0 aliphatic heterocycles. The fourth-order valence-corrected chi connectivity index (χ4v) is 2.48. The van der Waals surface area contributed by atoms with Crippen molar-refractivity contribution < 1.29 is 14.3 Å². The van der Waals surface area contributed by atoms with Gasteiger partial charge in [0.15, 0.2) is 16.1 Å². The number of benzene rings is 1. The molecule has 3 rings (SSSR count). The van der Waals surface area contributed by atoms with Crippen LogP contribution in [0, 0.1) is 0 Å². The number of hydrogen-bond donors (Lipinski definition) is 2. The van der Waals surface area contributed by atoms with Gasteiger partial charge in [-0.25, -0.2) is 0 Å². The van der Waals surface area contributed by atoms with E-state index < -0.39 is 5.91 Å². The normalized spacial score (nSPS) is 11.5. The van der Waals surface area contributed by atoms with E-state index in [1.54, 1.807) is 18.2 Å². The van der Waals surface area contributed by atoms with Crippen LogP contribution in [0.25, 0.3) is 10.9 Å². The Kier molecular flexibility index (Phi) is 3.64. The second kappa shape index (κ2) is 5.45. The van der Waals surface area contributed by atoms with E-state index in [4.69, 9.17) is 4.42 Å². The first-order chi connectivity index (χ1) is 10.0. The van der Waals surface area contributed by atoms with E-state index in [-0.39, 0.29) is 17.3 Å². The number of carbonyl (C=O) groups excluding carboxylic acids is 1. The largest absolute Gasteiger partial charge is 0.493 e. The van der Waals surface area contributed by atoms with Gasteiger partial charge in [-0.05, 0) is 46.3 Å². The minimum atomic E-state index is -0.635. The van der Waals surface area contributed by atoms with Crippen molar-refractivity contribution in [1.29, 1.82) is 0 Å². The van der Waals surface area contributed by atoms with Crippen LogP contribution in [-0.2, 0) is 0 Å². The molecular formula is C13H7Br2N3O3. The molecule has 6 nitrogen and oxygen atoms in total. The van der Waals surface area contributed by atoms with Crippen molar-refractivity contribution in [3.63, 3.8) is 0 Å². The quantitative estimate of drug-likeness (QED) is 0.585. The fraction of sp³-hybridized carbons (Fsp3) is 0. The van der Waals surface area contributed by atoms with Crippen molar-refractivity contribution in [2.45, 2.75) is 0 Å². The Morgan fingerprint density at radius 2 is 2.05 bits per heavy atom. The number of aromatic nitrogens is 1. The maximum absolute atomic E-state index is 11.8. The predicted molar refractivity (Wildman–Crippen MR) is 82.9 cm³/mol. The molecule has 1 amide bonds. The SMILES string of the molecule is O=C(N=Nc1c(O)[nH]c2ccc(Br)cc12)c1ccc(Br)o1. The first-order valence-electron chi connectivity index (χ1n) is 5.76. The van der Waals surface area contributed by atoms with Gasteiger partial charge in [0.2, 0.25) is 5.88 Å². The number of nitrogens with zero attached hydrogens (tertiary/aromatic N) is 2. The second-order valence-electron chi connectivity index (χ2n) is 4.12. The minimum Gasteiger partial charge on any atom is -0.493 e. The monoisotopic (exact) mass is 411 g/mol. The van der Waals surface area contributed by atoms with Gasteiger partial charge in [0, 0.05) is 9.86 Å². The first kappa shape index (κ1) is 14.0. The Labute approximate surface area is 135 Å². The van der Waals surface area contributed by atoms with Crippen molar-refractivity contribution in [1.82, 2.24) is 4.98 Å². The maximum atomic E-state index is 11.8. The lowest BCUT2D eigenvalue weighted by Gasteiger charge is -1.92. The third-order valence-electron chi connectivity index (χ3n) is 2.74. The minimum absolute atomic E-state index is 0.0612. The summed E-state index contributed by atoms with van der Waals surface area (Å²) in [5.74, 6) is -0.726. The van der Waals surface area contributed by atoms with Gasteiger partial charge in [0.05, 0.1) is 5.52 Å². The highest BCUT2D eigenvalue weighted by Crippen LogP contribution is 2.36. The zero-order valence-electron chi connectivity index (χ0n) is 10.3. The van der Waals surface area contributed by atoms with Gasteiger partial charge in [-0.3, -0.25) is 4.79 Å². The molecule has 106 valence electrons. The van der Waals surface area contributed by atoms with Gasteiger partial charge in [-0.1, -0.05) is 15.9 Å². The van der Waals surface area contributed by atoms with Crippen LogP contribution < -0.4 is 0 Å². The molecule has 8 heteroatoms. The molecule has 21 heavy (non-hydrogen) atoms. The van der Waals surface area contributed by atoms with Gasteiger partial charge in [0.25, 0.3) is 0 Å². The van der Waals surface area contributed by atoms with Crippen molar-refractivity contribution in [2.75, 3.05) is 0 Å². The van der Waals surface area contributed by atoms with Crippen molar-refractivity contribution in [2.24, 2.45) is 10.2 Å². The molecule has 0 radical (unpaired) electrons. The number of nitrogens with one attached hydrogen (secondary N) is 1. The van der Waals surface area contributed by atoms with Crippen molar-refractivity contribution in [3.05, 3.63) is 45.2 Å². The van der Waals surface area contributed by atoms with Crippen LogP contribution in [0.4, 0.5) is 5.69 Å². The molecule has 0 spiro atoms. The zero-order chi connectivity index (χ0) is 15.0. The van der Waals surface area contributed by atoms with Crippen LogP contribution in [0.1, 0.15) is 10.6 Å². The van der Waals surface area contributed by atoms with Crippen LogP contribution in [0.2, 0.25) is 0 Å². The van der Waals surface area contributed by atoms with Crippen LogP contribution >= 0.6 is 31.9 Å². The molecule has 0 aliphatic carbocycles. The fourth-order valence-electron chi connectivity index (χ4n) is 1.81. The Morgan fingerprint density at radius 1 is 1.24 bits per heavy atom. The molecule has 0 fully saturated rings. The summed E-state index contributed by atoms with van der Waals surface area (Å²) in [5, 5.41) is 17.9. The van der Waals surface area contributed by atoms with E-state index in [1.807, 2.05) is 6.07 Å². The number of aromatic amines is 1. The second-order valence-corrected chi connectivity index (χ2v) is 5.82. The summed E-state index contributed by atoms with van der Waals surface area (Å²) in [4.78, 5) is 14.6. The van der Waals surface area contributed by atoms with Gasteiger partial charge in [-0.2, -0.15) is 0 Å². The number of amides is 1. The van der Waals surface area contributed by atoms with Crippen LogP contribution in [0.3, 0.4) is 0 Å². The molecule has 0 aliphatic rings. The molecule has 0 atom stereocenters. The van der Waals surface area contributed by atoms with Crippen LogP contribution in [0.15, 0.2) is 54.1 Å². The Bertz CT molecular complexity index is 867. The average Bonchev–Trinajstić information content (AvgIpc) is 3.00. The Balaban J connectivity index is 1.97. The topological polar surface area (TPSA) is 91.0 Å². The maximum Gasteiger partial charge on any atom is 0.331 e. The summed E-state index contributed by atoms with van der Waals surface area (Å²) in [6.45, 7) is 0. The summed E-state index contributed by atoms with van der Waals surface area (Å²) >= 11 is 6.44. The molecule has 0 bridgehead atoms. The molecular weight excluding hydrogens is 406 g/mol. The third kappa shape index (κ3) is 2.77. The first-order valence-corrected chi connectivity index (χ1v) is 7.35. The Hall–Kier alpha value is -1.93. The van der Waals surface area contributed by atoms with Crippen LogP contribution in [0.5, 0.6) is 5.88 Å². The molecule has 2 N–H and O–H groups in total. The number of halogens is 2. The molecule has 0 saturated carbocycles. The van der Waals surface area contributed by atoms with Gasteiger partial charge in [0.1, 0.15) is 0 Å². The lowest BCUT2D eigenvalue weighted by atomic mass is 10.2. The van der Waals surface area contributed by atoms with Gasteiger partial charge >= 0.3 is 5.91 Å². The van der Waals surface area contributed by atoms with E-state index in [0.717, 1.165) is 4.47 Å². The van der Waals surface area contributed by atoms with E-state index in [2.05, 4.69) is 47.1 Å². The highest BCUT2D eigenvalue weighted by Gasteiger charge is 2.13. The lowest BCUT2D eigenvalue weighted by Crippen LogP contribution is -1.89. The lowest BCUT2D eigenvalue weighted by molar-refractivity contribution is 0.0967. The number of azo groups is 1. The van der Waals surface area contributed by atoms with Crippen molar-refractivity contribution in [3.8, 4) is 5.88 Å². The molecule has 0 unspecified atom stereocenters. The van der Waals surface area contributed by atoms with E-state index >= 15 is 0 Å². The Morgan fingerprint density at radius 3 is 2.76 bits per heavy atom. The molecule has 1 aromatic carbocycles. The number of fused-ring (bicyclic) bond motifs is 1. The summed E-state index contributed by atoms with van der Waals surface area (Å²) in [7, 11) is 0. The molecule has 2 aromatic heterocycles. The van der Waals surface area contributed by atoms with Crippen LogP contribution in [-0.4, -0.2) is 16.0 Å². The highest BCUT2D eigenvalue weighted by atomic mass is 79.9. The van der Waals surface area contributed by atoms with E-state index in [9.17, 15) is 9.90 Å². The third-order valence-corrected chi connectivity index (χ3v) is 3.66. The van der Waals surface area contributed by atoms with Gasteiger partial charge in [-0.15, -0.1) is 10.2 Å². The number of carbonyl (C=O) groups is 1. The summed E-state index contributed by atoms with van der Waals surface area (Å²) < 4.78 is 6.34. The van der Waals surface area contributed by atoms with E-state index in [1.165, 1.54) is 6.07 Å². The van der Waals surface area contributed by atoms with Crippen molar-refractivity contribution >= 4 is 54.4 Å². The zero-order valence-corrected chi connectivity index (χ0v) is 13.5. The number of furan rings is 1. The van der Waals surface area contributed by atoms with E-state index in [0.29, 0.717) is 15.6 Å². The van der Waals surface area contributed by atoms with Gasteiger partial charge < -0.3 is 14.5 Å². The highest BCUT2D eigenvalue weighted by molar-refractivity contribution is 9.10.